The molecule has 0 atom stereocenters. The molecule has 1 N–H and O–H groups in total. The van der Waals surface area contributed by atoms with Gasteiger partial charge >= 0.3 is 0 Å². The third-order valence-electron chi connectivity index (χ3n) is 3.88. The largest absolute Gasteiger partial charge is 0.488 e. The first-order valence-corrected chi connectivity index (χ1v) is 8.11. The van der Waals surface area contributed by atoms with Gasteiger partial charge in [-0.1, -0.05) is 31.3 Å². The lowest BCUT2D eigenvalue weighted by molar-refractivity contribution is 0.298. The Morgan fingerprint density at radius 2 is 1.83 bits per heavy atom. The van der Waals surface area contributed by atoms with Crippen LogP contribution in [0.3, 0.4) is 0 Å². The van der Waals surface area contributed by atoms with E-state index in [2.05, 4.69) is 18.3 Å². The number of hydrogen-bond acceptors (Lipinski definition) is 2. The maximum atomic E-state index is 14.2. The number of rotatable bonds is 5. The third-order valence-corrected chi connectivity index (χ3v) is 4.27. The molecule has 2 rings (SSSR count). The molecule has 0 spiro atoms. The lowest BCUT2D eigenvalue weighted by Gasteiger charge is -2.16. The number of thiocarbonyl (C=S) groups is 1. The average molecular weight is 331 g/mol. The molecule has 0 saturated carbocycles. The zero-order valence-electron chi connectivity index (χ0n) is 14.0. The van der Waals surface area contributed by atoms with E-state index in [4.69, 9.17) is 17.0 Å². The Balaban J connectivity index is 2.23. The second-order valence-corrected chi connectivity index (χ2v) is 6.15. The predicted octanol–water partition coefficient (Wildman–Crippen LogP) is 5.48. The summed E-state index contributed by atoms with van der Waals surface area (Å²) in [5, 5.41) is 3.08. The van der Waals surface area contributed by atoms with E-state index in [9.17, 15) is 4.39 Å². The molecule has 2 nitrogen and oxygen atoms in total. The molecule has 23 heavy (non-hydrogen) atoms. The molecule has 0 fully saturated rings. The van der Waals surface area contributed by atoms with Gasteiger partial charge < -0.3 is 10.1 Å². The van der Waals surface area contributed by atoms with Crippen molar-refractivity contribution in [1.29, 1.82) is 0 Å². The first kappa shape index (κ1) is 17.4. The molecule has 122 valence electrons. The number of hydrogen-bond donors (Lipinski definition) is 1. The van der Waals surface area contributed by atoms with Gasteiger partial charge in [0.2, 0.25) is 0 Å². The van der Waals surface area contributed by atoms with Crippen LogP contribution in [0.5, 0.6) is 5.75 Å². The summed E-state index contributed by atoms with van der Waals surface area (Å²) < 4.78 is 20.1. The number of benzene rings is 2. The van der Waals surface area contributed by atoms with Crippen LogP contribution in [-0.4, -0.2) is 4.99 Å². The average Bonchev–Trinajstić information content (AvgIpc) is 2.51. The summed E-state index contributed by atoms with van der Waals surface area (Å²) in [5.41, 5.74) is 4.57. The van der Waals surface area contributed by atoms with Gasteiger partial charge in [-0.2, -0.15) is 0 Å². The second-order valence-electron chi connectivity index (χ2n) is 5.66. The molecule has 0 aromatic heterocycles. The predicted molar refractivity (Wildman–Crippen MR) is 97.9 cm³/mol. The Kier molecular flexibility index (Phi) is 5.72. The summed E-state index contributed by atoms with van der Waals surface area (Å²) in [4.78, 5) is 0.680. The molecule has 0 aliphatic carbocycles. The lowest BCUT2D eigenvalue weighted by atomic mass is 10.1. The summed E-state index contributed by atoms with van der Waals surface area (Å²) in [6, 6.07) is 9.00. The van der Waals surface area contributed by atoms with E-state index in [1.165, 1.54) is 11.6 Å². The van der Waals surface area contributed by atoms with Crippen LogP contribution in [0.25, 0.3) is 0 Å². The molecule has 4 heteroatoms. The highest BCUT2D eigenvalue weighted by molar-refractivity contribution is 7.80. The standard InChI is InChI=1S/C19H22FNOS/c1-5-19(23)21-17-8-6-7-16(20)15(17)11-22-18-10-13(3)12(2)9-14(18)4/h6-10H,5,11H2,1-4H3,(H,21,23). The summed E-state index contributed by atoms with van der Waals surface area (Å²) in [6.07, 6.45) is 0.711. The number of anilines is 1. The van der Waals surface area contributed by atoms with E-state index in [0.717, 1.165) is 16.9 Å². The van der Waals surface area contributed by atoms with Gasteiger partial charge in [-0.05, 0) is 62.1 Å². The molecule has 0 aliphatic heterocycles. The molecule has 0 saturated heterocycles. The fourth-order valence-corrected chi connectivity index (χ4v) is 2.41. The van der Waals surface area contributed by atoms with E-state index in [-0.39, 0.29) is 12.4 Å². The molecule has 0 amide bonds. The Morgan fingerprint density at radius 1 is 1.13 bits per heavy atom. The summed E-state index contributed by atoms with van der Waals surface area (Å²) in [6.45, 7) is 8.22. The molecule has 0 aliphatic rings. The van der Waals surface area contributed by atoms with E-state index < -0.39 is 0 Å². The summed E-state index contributed by atoms with van der Waals surface area (Å²) >= 11 is 5.20. The Hall–Kier alpha value is -1.94. The fourth-order valence-electron chi connectivity index (χ4n) is 2.30. The lowest BCUT2D eigenvalue weighted by Crippen LogP contribution is -2.11. The summed E-state index contributed by atoms with van der Waals surface area (Å²) in [5.74, 6) is 0.482. The fraction of sp³-hybridized carbons (Fsp3) is 0.316. The van der Waals surface area contributed by atoms with Crippen molar-refractivity contribution in [3.05, 3.63) is 58.4 Å². The van der Waals surface area contributed by atoms with Crippen molar-refractivity contribution in [1.82, 2.24) is 0 Å². The van der Waals surface area contributed by atoms with Crippen molar-refractivity contribution in [2.45, 2.75) is 40.7 Å². The quantitative estimate of drug-likeness (QED) is 0.733. The first-order chi connectivity index (χ1) is 10.9. The van der Waals surface area contributed by atoms with E-state index in [1.807, 2.05) is 32.9 Å². The molecular weight excluding hydrogens is 309 g/mol. The second kappa shape index (κ2) is 7.55. The normalized spacial score (nSPS) is 10.5. The van der Waals surface area contributed by atoms with Crippen molar-refractivity contribution in [2.24, 2.45) is 0 Å². The van der Waals surface area contributed by atoms with Crippen LogP contribution in [0.2, 0.25) is 0 Å². The highest BCUT2D eigenvalue weighted by Gasteiger charge is 2.11. The van der Waals surface area contributed by atoms with Crippen LogP contribution in [0.15, 0.2) is 30.3 Å². The minimum atomic E-state index is -0.296. The Bertz CT molecular complexity index is 728. The van der Waals surface area contributed by atoms with Gasteiger partial charge in [0.05, 0.1) is 4.99 Å². The molecular formula is C19H22FNOS. The van der Waals surface area contributed by atoms with Crippen molar-refractivity contribution in [3.8, 4) is 5.75 Å². The van der Waals surface area contributed by atoms with Gasteiger partial charge in [0.15, 0.2) is 0 Å². The maximum Gasteiger partial charge on any atom is 0.131 e. The van der Waals surface area contributed by atoms with Crippen LogP contribution in [0.1, 0.15) is 35.6 Å². The van der Waals surface area contributed by atoms with E-state index >= 15 is 0 Å². The van der Waals surface area contributed by atoms with Crippen LogP contribution < -0.4 is 10.1 Å². The number of nitrogens with one attached hydrogen (secondary N) is 1. The molecule has 2 aromatic rings. The van der Waals surface area contributed by atoms with Gasteiger partial charge in [-0.25, -0.2) is 4.39 Å². The van der Waals surface area contributed by atoms with Crippen molar-refractivity contribution < 1.29 is 9.13 Å². The van der Waals surface area contributed by atoms with Crippen molar-refractivity contribution >= 4 is 22.9 Å². The van der Waals surface area contributed by atoms with Crippen LogP contribution in [0.4, 0.5) is 10.1 Å². The van der Waals surface area contributed by atoms with Crippen LogP contribution >= 0.6 is 12.2 Å². The highest BCUT2D eigenvalue weighted by Crippen LogP contribution is 2.26. The van der Waals surface area contributed by atoms with Gasteiger partial charge in [0, 0.05) is 11.3 Å². The third kappa shape index (κ3) is 4.29. The van der Waals surface area contributed by atoms with E-state index in [1.54, 1.807) is 6.07 Å². The van der Waals surface area contributed by atoms with Crippen molar-refractivity contribution in [2.75, 3.05) is 5.32 Å². The summed E-state index contributed by atoms with van der Waals surface area (Å²) in [7, 11) is 0. The first-order valence-electron chi connectivity index (χ1n) is 7.70. The van der Waals surface area contributed by atoms with Crippen LogP contribution in [0, 0.1) is 26.6 Å². The minimum Gasteiger partial charge on any atom is -0.488 e. The smallest absolute Gasteiger partial charge is 0.131 e. The molecule has 0 bridgehead atoms. The SMILES string of the molecule is CCC(=S)Nc1cccc(F)c1COc1cc(C)c(C)cc1C. The zero-order chi connectivity index (χ0) is 17.0. The van der Waals surface area contributed by atoms with Crippen molar-refractivity contribution in [3.63, 3.8) is 0 Å². The minimum absolute atomic E-state index is 0.157. The number of aryl methyl sites for hydroxylation is 3. The molecule has 0 radical (unpaired) electrons. The van der Waals surface area contributed by atoms with Gasteiger partial charge in [-0.15, -0.1) is 0 Å². The molecule has 0 unspecified atom stereocenters. The zero-order valence-corrected chi connectivity index (χ0v) is 14.8. The molecule has 0 heterocycles. The van der Waals surface area contributed by atoms with Gasteiger partial charge in [0.1, 0.15) is 18.2 Å². The maximum absolute atomic E-state index is 14.2. The van der Waals surface area contributed by atoms with Gasteiger partial charge in [-0.3, -0.25) is 0 Å². The highest BCUT2D eigenvalue weighted by atomic mass is 32.1. The Labute approximate surface area is 142 Å². The Morgan fingerprint density at radius 3 is 2.52 bits per heavy atom. The van der Waals surface area contributed by atoms with Gasteiger partial charge in [0.25, 0.3) is 0 Å². The van der Waals surface area contributed by atoms with E-state index in [0.29, 0.717) is 22.7 Å². The monoisotopic (exact) mass is 331 g/mol. The number of ether oxygens (including phenoxy) is 1. The number of halogens is 1. The topological polar surface area (TPSA) is 21.3 Å². The van der Waals surface area contributed by atoms with Crippen LogP contribution in [-0.2, 0) is 6.61 Å². The molecule has 2 aromatic carbocycles.